The van der Waals surface area contributed by atoms with Gasteiger partial charge in [0.15, 0.2) is 5.78 Å². The van der Waals surface area contributed by atoms with Gasteiger partial charge in [0.25, 0.3) is 0 Å². The molecular weight excluding hydrogens is 282 g/mol. The summed E-state index contributed by atoms with van der Waals surface area (Å²) in [6.45, 7) is 6.16. The fraction of sp³-hybridized carbons (Fsp3) is 0.846. The van der Waals surface area contributed by atoms with Crippen molar-refractivity contribution in [2.75, 3.05) is 14.1 Å². The number of alkyl halides is 1. The van der Waals surface area contributed by atoms with Crippen LogP contribution in [0.15, 0.2) is 0 Å². The van der Waals surface area contributed by atoms with Crippen molar-refractivity contribution in [3.8, 4) is 0 Å². The van der Waals surface area contributed by atoms with Gasteiger partial charge in [0, 0.05) is 19.5 Å². The quantitative estimate of drug-likeness (QED) is 0.697. The monoisotopic (exact) mass is 301 g/mol. The molecule has 0 spiro atoms. The van der Waals surface area contributed by atoms with Gasteiger partial charge in [-0.25, -0.2) is 0 Å². The summed E-state index contributed by atoms with van der Waals surface area (Å²) in [7, 11) is 3.54. The van der Waals surface area contributed by atoms with E-state index in [0.717, 1.165) is 12.8 Å². The molecule has 4 heteroatoms. The lowest BCUT2D eigenvalue weighted by Crippen LogP contribution is -2.50. The Labute approximate surface area is 111 Å². The Kier molecular flexibility index (Phi) is 2.57. The van der Waals surface area contributed by atoms with Crippen molar-refractivity contribution in [3.63, 3.8) is 0 Å². The molecule has 0 aromatic carbocycles. The van der Waals surface area contributed by atoms with Crippen LogP contribution in [0.5, 0.6) is 0 Å². The number of nitrogens with zero attached hydrogens (tertiary/aromatic N) is 1. The van der Waals surface area contributed by atoms with Crippen molar-refractivity contribution in [1.29, 1.82) is 0 Å². The number of hydrogen-bond acceptors (Lipinski definition) is 2. The number of hydrogen-bond donors (Lipinski definition) is 0. The van der Waals surface area contributed by atoms with Gasteiger partial charge in [-0.2, -0.15) is 0 Å². The lowest BCUT2D eigenvalue weighted by molar-refractivity contribution is -0.144. The Morgan fingerprint density at radius 3 is 2.18 bits per heavy atom. The highest BCUT2D eigenvalue weighted by Crippen LogP contribution is 2.72. The van der Waals surface area contributed by atoms with Crippen LogP contribution in [0.2, 0.25) is 0 Å². The van der Waals surface area contributed by atoms with Crippen molar-refractivity contribution in [3.05, 3.63) is 0 Å². The second kappa shape index (κ2) is 3.34. The molecule has 0 aromatic heterocycles. The van der Waals surface area contributed by atoms with Crippen LogP contribution in [0.25, 0.3) is 0 Å². The number of fused-ring (bicyclic) bond motifs is 2. The fourth-order valence-corrected chi connectivity index (χ4v) is 5.33. The predicted molar refractivity (Wildman–Crippen MR) is 70.0 cm³/mol. The largest absolute Gasteiger partial charge is 0.348 e. The van der Waals surface area contributed by atoms with Crippen molar-refractivity contribution >= 4 is 27.6 Å². The number of Topliss-reactive ketones (excluding diaryl/α,β-unsaturated/α-hetero) is 1. The first-order valence-electron chi connectivity index (χ1n) is 6.03. The Hall–Kier alpha value is -0.380. The van der Waals surface area contributed by atoms with E-state index >= 15 is 0 Å². The molecule has 0 saturated heterocycles. The lowest BCUT2D eigenvalue weighted by atomic mass is 9.64. The van der Waals surface area contributed by atoms with Crippen LogP contribution in [0.4, 0.5) is 0 Å². The van der Waals surface area contributed by atoms with Gasteiger partial charge in [0.2, 0.25) is 5.91 Å². The predicted octanol–water partition coefficient (Wildman–Crippen LogP) is 2.23. The van der Waals surface area contributed by atoms with Crippen molar-refractivity contribution < 1.29 is 9.59 Å². The summed E-state index contributed by atoms with van der Waals surface area (Å²) in [5.41, 5.74) is -1.22. The number of carbonyl (C=O) groups is 2. The third kappa shape index (κ3) is 1.13. The number of rotatable bonds is 1. The highest BCUT2D eigenvalue weighted by atomic mass is 79.9. The molecule has 96 valence electrons. The lowest BCUT2D eigenvalue weighted by Gasteiger charge is -2.41. The Balaban J connectivity index is 2.62. The van der Waals surface area contributed by atoms with E-state index in [1.165, 1.54) is 0 Å². The molecule has 2 bridgehead atoms. The average Bonchev–Trinajstić information content (AvgIpc) is 2.50. The number of carbonyl (C=O) groups excluding carboxylic acids is 2. The minimum Gasteiger partial charge on any atom is -0.348 e. The summed E-state index contributed by atoms with van der Waals surface area (Å²) in [5, 5.41) is 0. The second-order valence-electron chi connectivity index (χ2n) is 6.35. The van der Waals surface area contributed by atoms with E-state index in [0.29, 0.717) is 0 Å². The molecule has 0 aliphatic heterocycles. The zero-order valence-corrected chi connectivity index (χ0v) is 12.7. The van der Waals surface area contributed by atoms with Gasteiger partial charge in [-0.05, 0) is 18.3 Å². The third-order valence-electron chi connectivity index (χ3n) is 5.51. The molecule has 2 fully saturated rings. The maximum atomic E-state index is 12.6. The summed E-state index contributed by atoms with van der Waals surface area (Å²) in [6.07, 6.45) is 1.62. The van der Waals surface area contributed by atoms with Crippen molar-refractivity contribution in [2.24, 2.45) is 16.2 Å². The molecule has 3 atom stereocenters. The molecular formula is C13H20BrNO2. The third-order valence-corrected chi connectivity index (χ3v) is 6.71. The number of amides is 1. The molecule has 3 nitrogen and oxygen atoms in total. The van der Waals surface area contributed by atoms with Crippen LogP contribution in [-0.4, -0.2) is 35.5 Å². The van der Waals surface area contributed by atoms with Gasteiger partial charge in [-0.3, -0.25) is 9.59 Å². The minimum absolute atomic E-state index is 0.0824. The Morgan fingerprint density at radius 2 is 1.82 bits per heavy atom. The summed E-state index contributed by atoms with van der Waals surface area (Å²) >= 11 is 3.50. The normalized spacial score (nSPS) is 42.9. The average molecular weight is 302 g/mol. The maximum absolute atomic E-state index is 12.6. The van der Waals surface area contributed by atoms with Crippen LogP contribution >= 0.6 is 15.9 Å². The van der Waals surface area contributed by atoms with Gasteiger partial charge in [0.1, 0.15) is 0 Å². The highest BCUT2D eigenvalue weighted by Gasteiger charge is 2.76. The molecule has 2 aliphatic carbocycles. The summed E-state index contributed by atoms with van der Waals surface area (Å²) in [4.78, 5) is 26.3. The van der Waals surface area contributed by atoms with Gasteiger partial charge < -0.3 is 4.90 Å². The summed E-state index contributed by atoms with van der Waals surface area (Å²) in [5.74, 6) is 0.280. The molecule has 17 heavy (non-hydrogen) atoms. The SMILES string of the molecule is CN(C)C(=O)[C@]12CC[C@@](C)(C(=O)[C@@H]1Br)C2(C)C. The molecule has 2 aliphatic rings. The van der Waals surface area contributed by atoms with Crippen LogP contribution in [0.3, 0.4) is 0 Å². The van der Waals surface area contributed by atoms with E-state index < -0.39 is 5.41 Å². The minimum atomic E-state index is -0.567. The van der Waals surface area contributed by atoms with Gasteiger partial charge >= 0.3 is 0 Å². The Bertz CT molecular complexity index is 404. The topological polar surface area (TPSA) is 37.4 Å². The molecule has 1 amide bonds. The number of halogens is 1. The number of ketones is 1. The van der Waals surface area contributed by atoms with Crippen LogP contribution in [0, 0.1) is 16.2 Å². The Morgan fingerprint density at radius 1 is 1.29 bits per heavy atom. The molecule has 0 heterocycles. The maximum Gasteiger partial charge on any atom is 0.230 e. The molecule has 2 rings (SSSR count). The smallest absolute Gasteiger partial charge is 0.230 e. The molecule has 0 aromatic rings. The second-order valence-corrected chi connectivity index (χ2v) is 7.27. The van der Waals surface area contributed by atoms with Crippen LogP contribution in [-0.2, 0) is 9.59 Å². The summed E-state index contributed by atoms with van der Waals surface area (Å²) in [6, 6.07) is 0. The van der Waals surface area contributed by atoms with E-state index in [2.05, 4.69) is 29.8 Å². The standard InChI is InChI=1S/C13H20BrNO2/c1-11(2)12(3)6-7-13(11,8(14)9(12)16)10(17)15(4)5/h8H,6-7H2,1-5H3/t8-,12-,13-/m0/s1. The van der Waals surface area contributed by atoms with E-state index in [4.69, 9.17) is 0 Å². The van der Waals surface area contributed by atoms with E-state index in [-0.39, 0.29) is 27.3 Å². The van der Waals surface area contributed by atoms with E-state index in [1.54, 1.807) is 19.0 Å². The van der Waals surface area contributed by atoms with Crippen LogP contribution < -0.4 is 0 Å². The van der Waals surface area contributed by atoms with Gasteiger partial charge in [-0.15, -0.1) is 0 Å². The first-order valence-corrected chi connectivity index (χ1v) is 6.94. The van der Waals surface area contributed by atoms with Gasteiger partial charge in [0.05, 0.1) is 10.2 Å². The van der Waals surface area contributed by atoms with E-state index in [9.17, 15) is 9.59 Å². The first-order chi connectivity index (χ1) is 7.63. The van der Waals surface area contributed by atoms with Crippen molar-refractivity contribution in [2.45, 2.75) is 38.4 Å². The molecule has 0 N–H and O–H groups in total. The zero-order chi connectivity index (χ0) is 13.2. The fourth-order valence-electron chi connectivity index (χ4n) is 3.82. The van der Waals surface area contributed by atoms with E-state index in [1.807, 2.05) is 6.92 Å². The van der Waals surface area contributed by atoms with Gasteiger partial charge in [-0.1, -0.05) is 36.7 Å². The first kappa shape index (κ1) is 13.1. The molecule has 0 unspecified atom stereocenters. The van der Waals surface area contributed by atoms with Crippen LogP contribution in [0.1, 0.15) is 33.6 Å². The molecule has 0 radical (unpaired) electrons. The van der Waals surface area contributed by atoms with Crippen molar-refractivity contribution in [1.82, 2.24) is 4.90 Å². The molecule has 2 saturated carbocycles. The zero-order valence-electron chi connectivity index (χ0n) is 11.1. The highest BCUT2D eigenvalue weighted by molar-refractivity contribution is 9.10. The summed E-state index contributed by atoms with van der Waals surface area (Å²) < 4.78 is 0.